The lowest BCUT2D eigenvalue weighted by atomic mass is 10.1. The maximum atomic E-state index is 13.5. The number of anilines is 1. The lowest BCUT2D eigenvalue weighted by molar-refractivity contribution is -0.492. The average molecular weight is 450 g/mol. The highest BCUT2D eigenvalue weighted by Gasteiger charge is 2.42. The molecule has 2 aromatic rings. The highest BCUT2D eigenvalue weighted by molar-refractivity contribution is 6.21. The van der Waals surface area contributed by atoms with Crippen LogP contribution in [0.5, 0.6) is 5.75 Å². The van der Waals surface area contributed by atoms with Gasteiger partial charge in [0.25, 0.3) is 12.2 Å². The lowest BCUT2D eigenvalue weighted by Gasteiger charge is -2.16. The first-order chi connectivity index (χ1) is 15.4. The number of hydrogen-bond acceptors (Lipinski definition) is 7. The van der Waals surface area contributed by atoms with Crippen molar-refractivity contribution in [2.75, 3.05) is 32.2 Å². The number of fused-ring (bicyclic) bond motifs is 3. The van der Waals surface area contributed by atoms with Gasteiger partial charge in [-0.2, -0.15) is 4.58 Å². The molecule has 0 saturated carbocycles. The SMILES string of the molecule is COC[C@H](Nc1ccc2c(c1)OCCn1cc([N+]3=C(C=O)OC[C@H]3C(F)F)nc1-2)C(N)=O. The van der Waals surface area contributed by atoms with Gasteiger partial charge < -0.3 is 29.8 Å². The van der Waals surface area contributed by atoms with Crippen LogP contribution in [-0.4, -0.2) is 77.7 Å². The molecule has 3 heterocycles. The number of benzene rings is 1. The Hall–Kier alpha value is -3.54. The van der Waals surface area contributed by atoms with Gasteiger partial charge in [0.2, 0.25) is 12.2 Å². The first-order valence-corrected chi connectivity index (χ1v) is 9.84. The molecule has 2 aliphatic heterocycles. The molecule has 0 aliphatic carbocycles. The second kappa shape index (κ2) is 8.91. The Morgan fingerprint density at radius 1 is 1.47 bits per heavy atom. The van der Waals surface area contributed by atoms with Crippen LogP contribution in [0.15, 0.2) is 24.4 Å². The number of carbonyl (C=O) groups is 2. The number of carbonyl (C=O) groups excluding carboxylic acids is 2. The Morgan fingerprint density at radius 3 is 2.97 bits per heavy atom. The molecule has 12 heteroatoms. The number of nitrogens with zero attached hydrogens (tertiary/aromatic N) is 3. The fourth-order valence-corrected chi connectivity index (χ4v) is 3.67. The zero-order chi connectivity index (χ0) is 22.8. The van der Waals surface area contributed by atoms with E-state index in [1.54, 1.807) is 29.0 Å². The minimum atomic E-state index is -2.72. The maximum absolute atomic E-state index is 13.5. The van der Waals surface area contributed by atoms with Gasteiger partial charge >= 0.3 is 11.7 Å². The molecule has 0 spiro atoms. The van der Waals surface area contributed by atoms with E-state index in [2.05, 4.69) is 10.3 Å². The summed E-state index contributed by atoms with van der Waals surface area (Å²) in [6.07, 6.45) is -0.727. The molecule has 2 atom stereocenters. The fraction of sp³-hybridized carbons (Fsp3) is 0.400. The summed E-state index contributed by atoms with van der Waals surface area (Å²) in [5.41, 5.74) is 6.61. The zero-order valence-electron chi connectivity index (χ0n) is 17.2. The molecule has 0 bridgehead atoms. The van der Waals surface area contributed by atoms with Crippen molar-refractivity contribution < 1.29 is 37.2 Å². The van der Waals surface area contributed by atoms with Crippen molar-refractivity contribution in [1.82, 2.24) is 9.55 Å². The van der Waals surface area contributed by atoms with Gasteiger partial charge in [-0.25, -0.2) is 8.78 Å². The molecule has 170 valence electrons. The number of imidazole rings is 1. The molecule has 4 rings (SSSR count). The molecule has 0 saturated heterocycles. The summed E-state index contributed by atoms with van der Waals surface area (Å²) < 4.78 is 45.8. The van der Waals surface area contributed by atoms with E-state index < -0.39 is 24.4 Å². The van der Waals surface area contributed by atoms with Crippen molar-refractivity contribution >= 4 is 29.6 Å². The number of aldehydes is 1. The van der Waals surface area contributed by atoms with Gasteiger partial charge in [0.1, 0.15) is 31.2 Å². The summed E-state index contributed by atoms with van der Waals surface area (Å²) in [6.45, 7) is 0.512. The van der Waals surface area contributed by atoms with Crippen LogP contribution in [0.25, 0.3) is 11.4 Å². The molecule has 3 N–H and O–H groups in total. The summed E-state index contributed by atoms with van der Waals surface area (Å²) in [5, 5.41) is 3.00. The maximum Gasteiger partial charge on any atom is 0.345 e. The number of primary amides is 1. The van der Waals surface area contributed by atoms with Crippen LogP contribution in [0.1, 0.15) is 0 Å². The number of alkyl halides is 2. The molecule has 0 unspecified atom stereocenters. The Labute approximate surface area is 181 Å². The van der Waals surface area contributed by atoms with Gasteiger partial charge in [0.05, 0.1) is 18.7 Å². The summed E-state index contributed by atoms with van der Waals surface area (Å²) >= 11 is 0. The number of ether oxygens (including phenoxy) is 3. The van der Waals surface area contributed by atoms with Crippen LogP contribution >= 0.6 is 0 Å². The van der Waals surface area contributed by atoms with Crippen LogP contribution in [0, 0.1) is 0 Å². The molecule has 1 aromatic heterocycles. The summed E-state index contributed by atoms with van der Waals surface area (Å²) in [7, 11) is 1.46. The van der Waals surface area contributed by atoms with Gasteiger partial charge in [-0.05, 0) is 17.1 Å². The number of halogens is 2. The molecule has 1 amide bonds. The van der Waals surface area contributed by atoms with Crippen molar-refractivity contribution in [3.05, 3.63) is 24.4 Å². The van der Waals surface area contributed by atoms with E-state index in [0.29, 0.717) is 42.3 Å². The third-order valence-electron chi connectivity index (χ3n) is 5.20. The van der Waals surface area contributed by atoms with Crippen molar-refractivity contribution in [2.24, 2.45) is 5.73 Å². The number of aromatic nitrogens is 2. The molecule has 1 aromatic carbocycles. The Balaban J connectivity index is 1.69. The normalized spacial score (nSPS) is 18.3. The largest absolute Gasteiger partial charge is 0.491 e. The molecular weight excluding hydrogens is 428 g/mol. The van der Waals surface area contributed by atoms with Gasteiger partial charge in [-0.15, -0.1) is 0 Å². The molecular formula is C20H22F2N5O5+. The Bertz CT molecular complexity index is 1070. The Morgan fingerprint density at radius 2 is 2.28 bits per heavy atom. The number of hydrogen-bond donors (Lipinski definition) is 2. The van der Waals surface area contributed by atoms with Crippen molar-refractivity contribution in [3.63, 3.8) is 0 Å². The number of rotatable bonds is 8. The minimum Gasteiger partial charge on any atom is -0.491 e. The van der Waals surface area contributed by atoms with Gasteiger partial charge in [-0.1, -0.05) is 0 Å². The standard InChI is InChI=1S/C20H21F2N5O5/c1-30-9-13(19(23)29)24-11-2-3-12-15(6-11)31-5-4-26-7-16(25-20(12)26)27-14(18(21)22)10-32-17(27)8-28/h2-3,6-8,13-14,18H,4-5,9-10H2,1H3,(H2-,23,24,25,29)/p+1/t13-,14-/m0/s1. The zero-order valence-corrected chi connectivity index (χ0v) is 17.2. The van der Waals surface area contributed by atoms with Crippen LogP contribution in [0.4, 0.5) is 20.3 Å². The van der Waals surface area contributed by atoms with Crippen molar-refractivity contribution in [2.45, 2.75) is 25.1 Å². The van der Waals surface area contributed by atoms with Crippen LogP contribution in [0.3, 0.4) is 0 Å². The predicted octanol–water partition coefficient (Wildman–Crippen LogP) is 0.760. The van der Waals surface area contributed by atoms with E-state index in [-0.39, 0.29) is 24.9 Å². The molecule has 2 aliphatic rings. The topological polar surface area (TPSA) is 121 Å². The number of methoxy groups -OCH3 is 1. The van der Waals surface area contributed by atoms with E-state index >= 15 is 0 Å². The molecule has 10 nitrogen and oxygen atoms in total. The highest BCUT2D eigenvalue weighted by Crippen LogP contribution is 2.36. The van der Waals surface area contributed by atoms with E-state index in [9.17, 15) is 18.4 Å². The summed E-state index contributed by atoms with van der Waals surface area (Å²) in [6, 6.07) is 3.14. The van der Waals surface area contributed by atoms with Crippen LogP contribution in [0.2, 0.25) is 0 Å². The third kappa shape index (κ3) is 4.00. The van der Waals surface area contributed by atoms with E-state index in [4.69, 9.17) is 19.9 Å². The smallest absolute Gasteiger partial charge is 0.345 e. The van der Waals surface area contributed by atoms with Crippen molar-refractivity contribution in [3.8, 4) is 17.1 Å². The van der Waals surface area contributed by atoms with Gasteiger partial charge in [-0.3, -0.25) is 9.59 Å². The molecule has 0 radical (unpaired) electrons. The second-order valence-electron chi connectivity index (χ2n) is 7.27. The summed E-state index contributed by atoms with van der Waals surface area (Å²) in [4.78, 5) is 27.4. The fourth-order valence-electron chi connectivity index (χ4n) is 3.67. The van der Waals surface area contributed by atoms with E-state index in [0.717, 1.165) is 4.58 Å². The van der Waals surface area contributed by atoms with E-state index in [1.165, 1.54) is 7.11 Å². The first-order valence-electron chi connectivity index (χ1n) is 9.84. The molecule has 32 heavy (non-hydrogen) atoms. The monoisotopic (exact) mass is 450 g/mol. The number of nitrogens with two attached hydrogens (primary N) is 1. The molecule has 0 fully saturated rings. The third-order valence-corrected chi connectivity index (χ3v) is 5.20. The average Bonchev–Trinajstić information content (AvgIpc) is 3.34. The van der Waals surface area contributed by atoms with Crippen LogP contribution in [-0.2, 0) is 25.6 Å². The highest BCUT2D eigenvalue weighted by atomic mass is 19.3. The quantitative estimate of drug-likeness (QED) is 0.450. The first kappa shape index (κ1) is 21.7. The second-order valence-corrected chi connectivity index (χ2v) is 7.27. The lowest BCUT2D eigenvalue weighted by Crippen LogP contribution is -2.38. The predicted molar refractivity (Wildman–Crippen MR) is 108 cm³/mol. The van der Waals surface area contributed by atoms with Gasteiger partial charge in [0, 0.05) is 18.9 Å². The van der Waals surface area contributed by atoms with E-state index in [1.807, 2.05) is 0 Å². The Kier molecular flexibility index (Phi) is 6.04. The van der Waals surface area contributed by atoms with Crippen LogP contribution < -0.4 is 15.8 Å². The van der Waals surface area contributed by atoms with Gasteiger partial charge in [0.15, 0.2) is 6.04 Å². The number of amides is 1. The summed E-state index contributed by atoms with van der Waals surface area (Å²) in [5.74, 6) is 0.414. The number of nitrogens with one attached hydrogen (secondary N) is 1. The van der Waals surface area contributed by atoms with Crippen molar-refractivity contribution in [1.29, 1.82) is 0 Å². The minimum absolute atomic E-state index is 0.0970.